The molecule has 0 fully saturated rings. The lowest BCUT2D eigenvalue weighted by Crippen LogP contribution is -2.33. The fourth-order valence-corrected chi connectivity index (χ4v) is 4.29. The second-order valence-corrected chi connectivity index (χ2v) is 8.44. The molecule has 168 valence electrons. The van der Waals surface area contributed by atoms with Gasteiger partial charge in [-0.2, -0.15) is 0 Å². The van der Waals surface area contributed by atoms with Gasteiger partial charge >= 0.3 is 0 Å². The third kappa shape index (κ3) is 4.24. The predicted octanol–water partition coefficient (Wildman–Crippen LogP) is 6.06. The minimum Gasteiger partial charge on any atom is -0.492 e. The highest BCUT2D eigenvalue weighted by Gasteiger charge is 2.41. The Kier molecular flexibility index (Phi) is 6.25. The van der Waals surface area contributed by atoms with E-state index in [2.05, 4.69) is 5.32 Å². The van der Waals surface area contributed by atoms with Crippen LogP contribution in [0.2, 0.25) is 5.02 Å². The van der Waals surface area contributed by atoms with Gasteiger partial charge in [0.15, 0.2) is 0 Å². The van der Waals surface area contributed by atoms with Gasteiger partial charge in [-0.25, -0.2) is 4.90 Å². The Morgan fingerprint density at radius 2 is 1.67 bits per heavy atom. The predicted molar refractivity (Wildman–Crippen MR) is 133 cm³/mol. The molecule has 0 aliphatic carbocycles. The molecule has 0 saturated carbocycles. The second-order valence-electron chi connectivity index (χ2n) is 8.00. The number of rotatable bonds is 6. The van der Waals surface area contributed by atoms with Crippen LogP contribution >= 0.6 is 11.6 Å². The zero-order chi connectivity index (χ0) is 23.7. The molecule has 2 amide bonds. The number of nitrogens with one attached hydrogen (secondary N) is 1. The van der Waals surface area contributed by atoms with Crippen LogP contribution in [0.25, 0.3) is 5.57 Å². The van der Waals surface area contributed by atoms with Crippen LogP contribution in [0, 0.1) is 20.8 Å². The SMILES string of the molecule is CCOc1ccccc1NC1=C(c2ccc(C)cc2C)C(=O)N(c2ccc(Cl)cc2C)C1=O. The summed E-state index contributed by atoms with van der Waals surface area (Å²) >= 11 is 6.11. The van der Waals surface area contributed by atoms with Crippen LogP contribution in [0.3, 0.4) is 0 Å². The molecule has 3 aromatic rings. The van der Waals surface area contributed by atoms with Crippen molar-refractivity contribution in [2.24, 2.45) is 0 Å². The Labute approximate surface area is 198 Å². The van der Waals surface area contributed by atoms with Gasteiger partial charge in [0.2, 0.25) is 0 Å². The molecule has 1 aliphatic heterocycles. The number of hydrogen-bond acceptors (Lipinski definition) is 4. The molecule has 33 heavy (non-hydrogen) atoms. The van der Waals surface area contributed by atoms with Crippen LogP contribution < -0.4 is 15.0 Å². The van der Waals surface area contributed by atoms with Gasteiger partial charge in [0, 0.05) is 5.02 Å². The van der Waals surface area contributed by atoms with Gasteiger partial charge in [0.25, 0.3) is 11.8 Å². The third-order valence-corrected chi connectivity index (χ3v) is 5.82. The standard InChI is InChI=1S/C27H25ClN2O3/c1-5-33-23-9-7-6-8-21(23)29-25-24(20-12-10-16(2)14-17(20)3)26(31)30(27(25)32)22-13-11-19(28)15-18(22)4/h6-15,29H,5H2,1-4H3. The van der Waals surface area contributed by atoms with E-state index in [1.54, 1.807) is 18.2 Å². The summed E-state index contributed by atoms with van der Waals surface area (Å²) in [6.07, 6.45) is 0. The summed E-state index contributed by atoms with van der Waals surface area (Å²) in [4.78, 5) is 28.7. The molecule has 0 spiro atoms. The van der Waals surface area contributed by atoms with Crippen LogP contribution in [-0.2, 0) is 9.59 Å². The lowest BCUT2D eigenvalue weighted by Gasteiger charge is -2.18. The Morgan fingerprint density at radius 1 is 0.909 bits per heavy atom. The van der Waals surface area contributed by atoms with Gasteiger partial charge < -0.3 is 10.1 Å². The van der Waals surface area contributed by atoms with Gasteiger partial charge in [0.1, 0.15) is 11.4 Å². The number of benzene rings is 3. The molecule has 0 unspecified atom stereocenters. The summed E-state index contributed by atoms with van der Waals surface area (Å²) in [7, 11) is 0. The Bertz CT molecular complexity index is 1300. The average Bonchev–Trinajstić information content (AvgIpc) is 3.00. The van der Waals surface area contributed by atoms with Gasteiger partial charge in [0.05, 0.1) is 23.6 Å². The number of aryl methyl sites for hydroxylation is 3. The quantitative estimate of drug-likeness (QED) is 0.454. The number of anilines is 2. The number of imide groups is 1. The van der Waals surface area contributed by atoms with Gasteiger partial charge in [-0.05, 0) is 74.7 Å². The minimum atomic E-state index is -0.424. The molecule has 0 radical (unpaired) electrons. The molecule has 4 rings (SSSR count). The fourth-order valence-electron chi connectivity index (χ4n) is 4.06. The first-order valence-electron chi connectivity index (χ1n) is 10.8. The van der Waals surface area contributed by atoms with Crippen molar-refractivity contribution in [1.29, 1.82) is 0 Å². The van der Waals surface area contributed by atoms with E-state index in [0.29, 0.717) is 39.9 Å². The summed E-state index contributed by atoms with van der Waals surface area (Å²) in [5.74, 6) is -0.200. The third-order valence-electron chi connectivity index (χ3n) is 5.58. The molecule has 0 bridgehead atoms. The molecular formula is C27H25ClN2O3. The number of ether oxygens (including phenoxy) is 1. The van der Waals surface area contributed by atoms with Crippen molar-refractivity contribution >= 4 is 40.4 Å². The molecule has 1 heterocycles. The minimum absolute atomic E-state index is 0.216. The van der Waals surface area contributed by atoms with E-state index < -0.39 is 5.91 Å². The van der Waals surface area contributed by atoms with E-state index in [1.807, 2.05) is 70.2 Å². The van der Waals surface area contributed by atoms with Crippen LogP contribution in [0.4, 0.5) is 11.4 Å². The number of amides is 2. The van der Waals surface area contributed by atoms with E-state index in [9.17, 15) is 9.59 Å². The highest BCUT2D eigenvalue weighted by atomic mass is 35.5. The highest BCUT2D eigenvalue weighted by Crippen LogP contribution is 2.38. The van der Waals surface area contributed by atoms with Gasteiger partial charge in [-0.15, -0.1) is 0 Å². The van der Waals surface area contributed by atoms with Crippen molar-refractivity contribution in [2.45, 2.75) is 27.7 Å². The zero-order valence-corrected chi connectivity index (χ0v) is 19.8. The van der Waals surface area contributed by atoms with Crippen LogP contribution in [0.1, 0.15) is 29.2 Å². The van der Waals surface area contributed by atoms with Crippen molar-refractivity contribution < 1.29 is 14.3 Å². The highest BCUT2D eigenvalue weighted by molar-refractivity contribution is 6.46. The molecule has 1 aliphatic rings. The lowest BCUT2D eigenvalue weighted by molar-refractivity contribution is -0.120. The molecule has 0 saturated heterocycles. The zero-order valence-electron chi connectivity index (χ0n) is 19.0. The molecule has 0 aromatic heterocycles. The van der Waals surface area contributed by atoms with Crippen molar-refractivity contribution in [1.82, 2.24) is 0 Å². The first-order chi connectivity index (χ1) is 15.8. The van der Waals surface area contributed by atoms with E-state index >= 15 is 0 Å². The van der Waals surface area contributed by atoms with E-state index in [1.165, 1.54) is 4.90 Å². The smallest absolute Gasteiger partial charge is 0.282 e. The van der Waals surface area contributed by atoms with Gasteiger partial charge in [-0.3, -0.25) is 9.59 Å². The number of carbonyl (C=O) groups is 2. The van der Waals surface area contributed by atoms with E-state index in [-0.39, 0.29) is 11.6 Å². The second kappa shape index (κ2) is 9.12. The van der Waals surface area contributed by atoms with Crippen LogP contribution in [0.15, 0.2) is 66.4 Å². The van der Waals surface area contributed by atoms with Crippen LogP contribution in [-0.4, -0.2) is 18.4 Å². The molecule has 5 nitrogen and oxygen atoms in total. The maximum Gasteiger partial charge on any atom is 0.282 e. The summed E-state index contributed by atoms with van der Waals surface area (Å²) in [5, 5.41) is 3.76. The largest absolute Gasteiger partial charge is 0.492 e. The summed E-state index contributed by atoms with van der Waals surface area (Å²) < 4.78 is 5.72. The monoisotopic (exact) mass is 460 g/mol. The average molecular weight is 461 g/mol. The van der Waals surface area contributed by atoms with Crippen molar-refractivity contribution in [3.8, 4) is 5.75 Å². The number of halogens is 1. The number of hydrogen-bond donors (Lipinski definition) is 1. The number of nitrogens with zero attached hydrogens (tertiary/aromatic N) is 1. The number of para-hydroxylation sites is 2. The molecule has 0 atom stereocenters. The maximum absolute atomic E-state index is 13.7. The maximum atomic E-state index is 13.7. The van der Waals surface area contributed by atoms with E-state index in [0.717, 1.165) is 16.7 Å². The van der Waals surface area contributed by atoms with Crippen molar-refractivity contribution in [3.05, 3.63) is 93.6 Å². The van der Waals surface area contributed by atoms with Crippen molar-refractivity contribution in [2.75, 3.05) is 16.8 Å². The van der Waals surface area contributed by atoms with E-state index in [4.69, 9.17) is 16.3 Å². The first-order valence-corrected chi connectivity index (χ1v) is 11.1. The lowest BCUT2D eigenvalue weighted by atomic mass is 9.97. The first kappa shape index (κ1) is 22.6. The van der Waals surface area contributed by atoms with Gasteiger partial charge in [-0.1, -0.05) is 47.5 Å². The van der Waals surface area contributed by atoms with Crippen LogP contribution in [0.5, 0.6) is 5.75 Å². The Balaban J connectivity index is 1.88. The normalized spacial score (nSPS) is 13.7. The Hall–Kier alpha value is -3.57. The summed E-state index contributed by atoms with van der Waals surface area (Å²) in [6, 6.07) is 18.3. The number of carbonyl (C=O) groups excluding carboxylic acids is 2. The van der Waals surface area contributed by atoms with Crippen molar-refractivity contribution in [3.63, 3.8) is 0 Å². The molecule has 6 heteroatoms. The summed E-state index contributed by atoms with van der Waals surface area (Å²) in [5.41, 5.74) is 5.11. The summed E-state index contributed by atoms with van der Waals surface area (Å²) in [6.45, 7) is 8.13. The molecule has 1 N–H and O–H groups in total. The molecular weight excluding hydrogens is 436 g/mol. The topological polar surface area (TPSA) is 58.6 Å². The fraction of sp³-hybridized carbons (Fsp3) is 0.185. The Morgan fingerprint density at radius 3 is 2.36 bits per heavy atom. The molecule has 3 aromatic carbocycles.